The second-order valence-corrected chi connectivity index (χ2v) is 13.5. The fourth-order valence-corrected chi connectivity index (χ4v) is 6.16. The lowest BCUT2D eigenvalue weighted by atomic mass is 9.95. The molecule has 3 unspecified atom stereocenters. The third-order valence-corrected chi connectivity index (χ3v) is 8.98. The molecular weight excluding hydrogens is 621 g/mol. The van der Waals surface area contributed by atoms with Gasteiger partial charge in [0, 0.05) is 36.4 Å². The predicted molar refractivity (Wildman–Crippen MR) is 181 cm³/mol. The van der Waals surface area contributed by atoms with Gasteiger partial charge in [0.15, 0.2) is 0 Å². The number of benzene rings is 2. The molecule has 244 valence electrons. The van der Waals surface area contributed by atoms with E-state index in [1.165, 1.54) is 22.7 Å². The van der Waals surface area contributed by atoms with E-state index >= 15 is 0 Å². The van der Waals surface area contributed by atoms with Gasteiger partial charge < -0.3 is 25.6 Å². The van der Waals surface area contributed by atoms with Crippen molar-refractivity contribution < 1.29 is 19.1 Å². The molecule has 4 aromatic rings. The Labute approximate surface area is 278 Å². The third-order valence-electron chi connectivity index (χ3n) is 7.46. The fraction of sp³-hybridized carbons (Fsp3) is 0.382. The highest BCUT2D eigenvalue weighted by atomic mass is 32.1. The first-order valence-corrected chi connectivity index (χ1v) is 17.1. The highest BCUT2D eigenvalue weighted by Crippen LogP contribution is 2.16. The maximum absolute atomic E-state index is 13.7. The van der Waals surface area contributed by atoms with E-state index in [9.17, 15) is 14.4 Å². The Morgan fingerprint density at radius 1 is 0.783 bits per heavy atom. The van der Waals surface area contributed by atoms with Crippen LogP contribution in [0.3, 0.4) is 0 Å². The van der Waals surface area contributed by atoms with E-state index in [2.05, 4.69) is 25.9 Å². The van der Waals surface area contributed by atoms with Gasteiger partial charge in [-0.25, -0.2) is 9.59 Å². The van der Waals surface area contributed by atoms with Crippen molar-refractivity contribution in [1.29, 1.82) is 0 Å². The molecule has 10 nitrogen and oxygen atoms in total. The van der Waals surface area contributed by atoms with Crippen molar-refractivity contribution in [3.8, 4) is 0 Å². The van der Waals surface area contributed by atoms with Crippen LogP contribution in [0.15, 0.2) is 84.1 Å². The van der Waals surface area contributed by atoms with Gasteiger partial charge in [-0.15, -0.1) is 22.7 Å². The summed E-state index contributed by atoms with van der Waals surface area (Å²) in [5, 5.41) is 9.19. The largest absolute Gasteiger partial charge is 0.444 e. The molecule has 0 saturated heterocycles. The van der Waals surface area contributed by atoms with Crippen LogP contribution in [0.5, 0.6) is 0 Å². The van der Waals surface area contributed by atoms with Crippen LogP contribution in [-0.2, 0) is 35.5 Å². The van der Waals surface area contributed by atoms with Gasteiger partial charge in [-0.3, -0.25) is 14.8 Å². The van der Waals surface area contributed by atoms with Crippen LogP contribution in [0, 0.1) is 5.92 Å². The fourth-order valence-electron chi connectivity index (χ4n) is 5.00. The average Bonchev–Trinajstić information content (AvgIpc) is 3.77. The van der Waals surface area contributed by atoms with Gasteiger partial charge in [-0.05, 0) is 42.7 Å². The van der Waals surface area contributed by atoms with E-state index < -0.39 is 12.1 Å². The van der Waals surface area contributed by atoms with Crippen molar-refractivity contribution in [2.75, 3.05) is 7.05 Å². The Bertz CT molecular complexity index is 1470. The zero-order valence-electron chi connectivity index (χ0n) is 26.4. The molecule has 4 amide bonds. The highest BCUT2D eigenvalue weighted by Gasteiger charge is 2.28. The lowest BCUT2D eigenvalue weighted by Crippen LogP contribution is -2.54. The zero-order valence-corrected chi connectivity index (χ0v) is 28.1. The molecule has 12 heteroatoms. The van der Waals surface area contributed by atoms with E-state index in [0.29, 0.717) is 32.2 Å². The molecule has 3 N–H and O–H groups in total. The van der Waals surface area contributed by atoms with Crippen LogP contribution in [0.1, 0.15) is 47.6 Å². The monoisotopic (exact) mass is 662 g/mol. The summed E-state index contributed by atoms with van der Waals surface area (Å²) in [6, 6.07) is 18.4. The summed E-state index contributed by atoms with van der Waals surface area (Å²) in [6.07, 6.45) is 5.32. The molecule has 0 bridgehead atoms. The molecule has 2 aromatic heterocycles. The molecule has 0 aliphatic rings. The molecule has 0 aliphatic carbocycles. The molecule has 0 aliphatic heterocycles. The second-order valence-electron chi connectivity index (χ2n) is 11.5. The molecule has 2 heterocycles. The second kappa shape index (κ2) is 18.0. The van der Waals surface area contributed by atoms with Gasteiger partial charge in [-0.1, -0.05) is 74.5 Å². The highest BCUT2D eigenvalue weighted by molar-refractivity contribution is 7.09. The van der Waals surface area contributed by atoms with Gasteiger partial charge in [0.05, 0.1) is 22.4 Å². The first-order chi connectivity index (χ1) is 22.3. The standard InChI is InChI=1S/C34H42N6O4S2/c1-24(2)31(39-33(42)40(3)20-29-18-35-22-45-29)32(41)37-27(16-25-10-6-4-7-11-25)14-15-28(17-26-12-8-5-9-13-26)38-34(43)44-21-30-19-36-23-46-30/h4-13,18-19,22-24,27-28,31H,14-17,20-21H2,1-3H3,(H,37,41)(H,38,43)(H,39,42). The summed E-state index contributed by atoms with van der Waals surface area (Å²) in [6.45, 7) is 4.39. The summed E-state index contributed by atoms with van der Waals surface area (Å²) in [7, 11) is 1.70. The number of hydrogen-bond acceptors (Lipinski definition) is 8. The van der Waals surface area contributed by atoms with Gasteiger partial charge in [-0.2, -0.15) is 0 Å². The first kappa shape index (κ1) is 34.6. The Kier molecular flexibility index (Phi) is 13.5. The molecule has 0 saturated carbocycles. The number of ether oxygens (including phenoxy) is 1. The molecule has 0 radical (unpaired) electrons. The van der Waals surface area contributed by atoms with Crippen molar-refractivity contribution >= 4 is 40.7 Å². The topological polar surface area (TPSA) is 126 Å². The molecule has 46 heavy (non-hydrogen) atoms. The van der Waals surface area contributed by atoms with Gasteiger partial charge >= 0.3 is 12.1 Å². The molecule has 0 spiro atoms. The number of urea groups is 1. The van der Waals surface area contributed by atoms with Crippen molar-refractivity contribution in [2.24, 2.45) is 5.92 Å². The van der Waals surface area contributed by atoms with Crippen molar-refractivity contribution in [3.63, 3.8) is 0 Å². The molecule has 0 fully saturated rings. The minimum Gasteiger partial charge on any atom is -0.444 e. The smallest absolute Gasteiger partial charge is 0.407 e. The van der Waals surface area contributed by atoms with Crippen LogP contribution in [0.2, 0.25) is 0 Å². The number of nitrogens with zero attached hydrogens (tertiary/aromatic N) is 3. The Hall–Kier alpha value is -4.29. The first-order valence-electron chi connectivity index (χ1n) is 15.3. The minimum absolute atomic E-state index is 0.140. The summed E-state index contributed by atoms with van der Waals surface area (Å²) < 4.78 is 5.47. The van der Waals surface area contributed by atoms with Crippen LogP contribution in [-0.4, -0.2) is 58.1 Å². The molecule has 3 atom stereocenters. The summed E-state index contributed by atoms with van der Waals surface area (Å²) in [5.41, 5.74) is 5.60. The number of carbonyl (C=O) groups is 3. The number of aromatic nitrogens is 2. The number of nitrogens with one attached hydrogen (secondary N) is 3. The van der Waals surface area contributed by atoms with Gasteiger partial charge in [0.25, 0.3) is 0 Å². The lowest BCUT2D eigenvalue weighted by Gasteiger charge is -2.28. The third kappa shape index (κ3) is 11.6. The van der Waals surface area contributed by atoms with E-state index in [4.69, 9.17) is 4.74 Å². The maximum atomic E-state index is 13.7. The van der Waals surface area contributed by atoms with E-state index in [1.54, 1.807) is 35.4 Å². The Balaban J connectivity index is 1.43. The predicted octanol–water partition coefficient (Wildman–Crippen LogP) is 5.81. The Morgan fingerprint density at radius 2 is 1.33 bits per heavy atom. The number of amides is 4. The molecule has 4 rings (SSSR count). The average molecular weight is 663 g/mol. The summed E-state index contributed by atoms with van der Waals surface area (Å²) in [4.78, 5) is 51.1. The number of hydrogen-bond donors (Lipinski definition) is 3. The number of carbonyl (C=O) groups excluding carboxylic acids is 3. The molecular formula is C34H42N6O4S2. The van der Waals surface area contributed by atoms with Gasteiger partial charge in [0.1, 0.15) is 12.6 Å². The van der Waals surface area contributed by atoms with Crippen molar-refractivity contribution in [3.05, 3.63) is 105 Å². The van der Waals surface area contributed by atoms with E-state index in [1.807, 2.05) is 74.5 Å². The van der Waals surface area contributed by atoms with E-state index in [0.717, 1.165) is 20.9 Å². The van der Waals surface area contributed by atoms with Crippen LogP contribution < -0.4 is 16.0 Å². The van der Waals surface area contributed by atoms with E-state index in [-0.39, 0.29) is 36.5 Å². The maximum Gasteiger partial charge on any atom is 0.407 e. The number of thiazole rings is 2. The number of alkyl carbamates (subject to hydrolysis) is 1. The van der Waals surface area contributed by atoms with Crippen molar-refractivity contribution in [2.45, 2.75) is 70.8 Å². The van der Waals surface area contributed by atoms with Crippen LogP contribution in [0.25, 0.3) is 0 Å². The van der Waals surface area contributed by atoms with Crippen LogP contribution >= 0.6 is 22.7 Å². The molecule has 2 aromatic carbocycles. The number of rotatable bonds is 16. The zero-order chi connectivity index (χ0) is 32.7. The van der Waals surface area contributed by atoms with Gasteiger partial charge in [0.2, 0.25) is 5.91 Å². The normalized spacial score (nSPS) is 13.0. The Morgan fingerprint density at radius 3 is 1.85 bits per heavy atom. The minimum atomic E-state index is -0.727. The SMILES string of the molecule is CC(C)C(NC(=O)N(C)Cc1cncs1)C(=O)NC(CCC(Cc1ccccc1)NC(=O)OCc1cncs1)Cc1ccccc1. The summed E-state index contributed by atoms with van der Waals surface area (Å²) in [5.74, 6) is -0.383. The lowest BCUT2D eigenvalue weighted by molar-refractivity contribution is -0.124. The van der Waals surface area contributed by atoms with Crippen LogP contribution in [0.4, 0.5) is 9.59 Å². The summed E-state index contributed by atoms with van der Waals surface area (Å²) >= 11 is 2.90. The quantitative estimate of drug-likeness (QED) is 0.139. The van der Waals surface area contributed by atoms with Crippen molar-refractivity contribution in [1.82, 2.24) is 30.8 Å².